The van der Waals surface area contributed by atoms with Gasteiger partial charge in [-0.2, -0.15) is 0 Å². The van der Waals surface area contributed by atoms with Crippen LogP contribution >= 0.6 is 23.2 Å². The summed E-state index contributed by atoms with van der Waals surface area (Å²) in [6.45, 7) is 0. The van der Waals surface area contributed by atoms with Gasteiger partial charge in [-0.1, -0.05) is 24.3 Å². The molecule has 3 rings (SSSR count). The van der Waals surface area contributed by atoms with E-state index in [0.29, 0.717) is 37.4 Å². The maximum atomic E-state index is 12.2. The molecule has 2 aromatic carbocycles. The van der Waals surface area contributed by atoms with E-state index in [-0.39, 0.29) is 11.6 Å². The minimum absolute atomic E-state index is 0.136. The first-order valence-corrected chi connectivity index (χ1v) is 9.65. The molecule has 2 nitrogen and oxygen atoms in total. The van der Waals surface area contributed by atoms with Crippen LogP contribution < -0.4 is 0 Å². The Morgan fingerprint density at radius 2 is 1.20 bits per heavy atom. The monoisotopic (exact) mass is 374 g/mol. The van der Waals surface area contributed by atoms with E-state index in [0.717, 1.165) is 39.8 Å². The first kappa shape index (κ1) is 18.2. The minimum atomic E-state index is 0.136. The molecule has 0 N–H and O–H groups in total. The third-order valence-electron chi connectivity index (χ3n) is 4.60. The van der Waals surface area contributed by atoms with Crippen LogP contribution in [0, 0.1) is 0 Å². The van der Waals surface area contributed by atoms with E-state index in [2.05, 4.69) is 0 Å². The predicted octanol–water partition coefficient (Wildman–Crippen LogP) is 5.66. The smallest absolute Gasteiger partial charge is 0.162 e. The Labute approximate surface area is 158 Å². The van der Waals surface area contributed by atoms with Gasteiger partial charge in [-0.15, -0.1) is 23.2 Å². The van der Waals surface area contributed by atoms with Gasteiger partial charge in [-0.05, 0) is 53.6 Å². The molecule has 0 atom stereocenters. The van der Waals surface area contributed by atoms with Crippen LogP contribution in [0.15, 0.2) is 36.4 Å². The third kappa shape index (κ3) is 3.96. The van der Waals surface area contributed by atoms with Gasteiger partial charge >= 0.3 is 0 Å². The van der Waals surface area contributed by atoms with Crippen LogP contribution in [0.3, 0.4) is 0 Å². The highest BCUT2D eigenvalue weighted by Crippen LogP contribution is 2.37. The van der Waals surface area contributed by atoms with E-state index >= 15 is 0 Å². The highest BCUT2D eigenvalue weighted by atomic mass is 35.5. The Balaban J connectivity index is 1.82. The fourth-order valence-electron chi connectivity index (χ4n) is 3.30. The summed E-state index contributed by atoms with van der Waals surface area (Å²) in [5.41, 5.74) is 6.10. The number of Topliss-reactive ketones (excluding diaryl/α,β-unsaturated/α-hetero) is 2. The second-order valence-electron chi connectivity index (χ2n) is 6.35. The van der Waals surface area contributed by atoms with Crippen molar-refractivity contribution in [3.05, 3.63) is 58.7 Å². The van der Waals surface area contributed by atoms with Crippen LogP contribution in [-0.2, 0) is 6.42 Å². The number of hydrogen-bond donors (Lipinski definition) is 0. The van der Waals surface area contributed by atoms with Gasteiger partial charge in [-0.3, -0.25) is 9.59 Å². The van der Waals surface area contributed by atoms with Crippen molar-refractivity contribution in [1.82, 2.24) is 0 Å². The number of carbonyl (C=O) groups excluding carboxylic acids is 2. The molecule has 25 heavy (non-hydrogen) atoms. The Bertz CT molecular complexity index is 744. The van der Waals surface area contributed by atoms with Gasteiger partial charge in [0.25, 0.3) is 0 Å². The van der Waals surface area contributed by atoms with Crippen molar-refractivity contribution in [3.8, 4) is 11.1 Å². The maximum absolute atomic E-state index is 12.2. The van der Waals surface area contributed by atoms with Gasteiger partial charge in [0.05, 0.1) is 0 Å². The molecular formula is C21H20Cl2O2. The van der Waals surface area contributed by atoms with E-state index in [1.807, 2.05) is 36.4 Å². The molecule has 1 aliphatic carbocycles. The number of hydrogen-bond acceptors (Lipinski definition) is 2. The number of halogens is 2. The maximum Gasteiger partial charge on any atom is 0.162 e. The molecular weight excluding hydrogens is 355 g/mol. The summed E-state index contributed by atoms with van der Waals surface area (Å²) in [5, 5.41) is 0. The zero-order valence-electron chi connectivity index (χ0n) is 14.0. The molecule has 0 heterocycles. The fraction of sp³-hybridized carbons (Fsp3) is 0.333. The van der Waals surface area contributed by atoms with E-state index in [1.54, 1.807) is 0 Å². The Morgan fingerprint density at radius 3 is 1.60 bits per heavy atom. The lowest BCUT2D eigenvalue weighted by atomic mass is 9.99. The van der Waals surface area contributed by atoms with Crippen LogP contribution in [0.4, 0.5) is 0 Å². The van der Waals surface area contributed by atoms with Crippen molar-refractivity contribution in [2.45, 2.75) is 32.1 Å². The second-order valence-corrected chi connectivity index (χ2v) is 7.11. The Kier molecular flexibility index (Phi) is 5.93. The summed E-state index contributed by atoms with van der Waals surface area (Å²) in [5.74, 6) is 1.28. The van der Waals surface area contributed by atoms with Crippen molar-refractivity contribution in [2.75, 3.05) is 11.8 Å². The Morgan fingerprint density at radius 1 is 0.760 bits per heavy atom. The first-order valence-electron chi connectivity index (χ1n) is 8.58. The summed E-state index contributed by atoms with van der Waals surface area (Å²) >= 11 is 11.3. The van der Waals surface area contributed by atoms with Crippen molar-refractivity contribution >= 4 is 34.8 Å². The zero-order valence-corrected chi connectivity index (χ0v) is 15.5. The summed E-state index contributed by atoms with van der Waals surface area (Å²) in [4.78, 5) is 24.4. The average Bonchev–Trinajstić information content (AvgIpc) is 3.00. The Hall–Kier alpha value is -1.64. The SMILES string of the molecule is O=C(CCCCl)c1ccc2c(c1)Cc1cc(C(=O)CCCCl)ccc1-2. The number of carbonyl (C=O) groups is 2. The molecule has 0 spiro atoms. The van der Waals surface area contributed by atoms with Crippen LogP contribution in [-0.4, -0.2) is 23.3 Å². The lowest BCUT2D eigenvalue weighted by Crippen LogP contribution is -2.00. The lowest BCUT2D eigenvalue weighted by Gasteiger charge is -2.05. The summed E-state index contributed by atoms with van der Waals surface area (Å²) in [6.07, 6.45) is 3.12. The molecule has 0 amide bonds. The summed E-state index contributed by atoms with van der Waals surface area (Å²) < 4.78 is 0. The molecule has 0 saturated heterocycles. The molecule has 0 aromatic heterocycles. The molecule has 0 unspecified atom stereocenters. The molecule has 1 aliphatic rings. The molecule has 4 heteroatoms. The number of fused-ring (bicyclic) bond motifs is 3. The fourth-order valence-corrected chi connectivity index (χ4v) is 3.57. The number of alkyl halides is 2. The standard InChI is InChI=1S/C21H20Cl2O2/c22-9-1-3-20(24)14-5-7-18-16(11-14)13-17-12-15(6-8-19(17)18)21(25)4-2-10-23/h5-8,11-12H,1-4,9-10,13H2. The average molecular weight is 375 g/mol. The van der Waals surface area contributed by atoms with Gasteiger partial charge < -0.3 is 0 Å². The van der Waals surface area contributed by atoms with Crippen LogP contribution in [0.1, 0.15) is 57.5 Å². The first-order chi connectivity index (χ1) is 12.1. The molecule has 0 fully saturated rings. The normalized spacial score (nSPS) is 11.9. The predicted molar refractivity (Wildman–Crippen MR) is 103 cm³/mol. The van der Waals surface area contributed by atoms with Crippen LogP contribution in [0.5, 0.6) is 0 Å². The number of benzene rings is 2. The largest absolute Gasteiger partial charge is 0.294 e. The van der Waals surface area contributed by atoms with Crippen molar-refractivity contribution in [3.63, 3.8) is 0 Å². The lowest BCUT2D eigenvalue weighted by molar-refractivity contribution is 0.0974. The van der Waals surface area contributed by atoms with Crippen molar-refractivity contribution in [2.24, 2.45) is 0 Å². The highest BCUT2D eigenvalue weighted by Gasteiger charge is 2.21. The van der Waals surface area contributed by atoms with E-state index in [4.69, 9.17) is 23.2 Å². The van der Waals surface area contributed by atoms with E-state index in [9.17, 15) is 9.59 Å². The van der Waals surface area contributed by atoms with Crippen LogP contribution in [0.25, 0.3) is 11.1 Å². The third-order valence-corrected chi connectivity index (χ3v) is 5.13. The van der Waals surface area contributed by atoms with Gasteiger partial charge in [-0.25, -0.2) is 0 Å². The molecule has 0 radical (unpaired) electrons. The zero-order chi connectivity index (χ0) is 17.8. The van der Waals surface area contributed by atoms with E-state index in [1.165, 1.54) is 0 Å². The van der Waals surface area contributed by atoms with Crippen molar-refractivity contribution < 1.29 is 9.59 Å². The van der Waals surface area contributed by atoms with Gasteiger partial charge in [0.2, 0.25) is 0 Å². The van der Waals surface area contributed by atoms with E-state index < -0.39 is 0 Å². The topological polar surface area (TPSA) is 34.1 Å². The molecule has 0 aliphatic heterocycles. The molecule has 130 valence electrons. The van der Waals surface area contributed by atoms with Gasteiger partial charge in [0.15, 0.2) is 11.6 Å². The van der Waals surface area contributed by atoms with Crippen molar-refractivity contribution in [1.29, 1.82) is 0 Å². The second kappa shape index (κ2) is 8.16. The molecule has 0 saturated carbocycles. The minimum Gasteiger partial charge on any atom is -0.294 e. The number of rotatable bonds is 8. The highest BCUT2D eigenvalue weighted by molar-refractivity contribution is 6.18. The summed E-state index contributed by atoms with van der Waals surface area (Å²) in [7, 11) is 0. The van der Waals surface area contributed by atoms with Gasteiger partial charge in [0.1, 0.15) is 0 Å². The molecule has 0 bridgehead atoms. The quantitative estimate of drug-likeness (QED) is 0.376. The molecule has 2 aromatic rings. The van der Waals surface area contributed by atoms with Crippen LogP contribution in [0.2, 0.25) is 0 Å². The summed E-state index contributed by atoms with van der Waals surface area (Å²) in [6, 6.07) is 11.8. The van der Waals surface area contributed by atoms with Gasteiger partial charge in [0, 0.05) is 35.7 Å². The number of ketones is 2.